The molecule has 0 saturated heterocycles. The van der Waals surface area contributed by atoms with Crippen molar-refractivity contribution >= 4 is 6.47 Å². The normalized spacial score (nSPS) is 10.9. The molecule has 0 radical (unpaired) electrons. The SMILES string of the molecule is COC(C)(C)OC=O. The molecule has 3 nitrogen and oxygen atoms in total. The molecular weight excluding hydrogens is 108 g/mol. The highest BCUT2D eigenvalue weighted by Gasteiger charge is 2.15. The van der Waals surface area contributed by atoms with Gasteiger partial charge in [0.25, 0.3) is 6.47 Å². The Morgan fingerprint density at radius 2 is 2.00 bits per heavy atom. The standard InChI is InChI=1S/C5H10O3/c1-5(2,7-3)8-4-6/h4H,1-3H3. The average molecular weight is 118 g/mol. The van der Waals surface area contributed by atoms with Crippen LogP contribution in [0.2, 0.25) is 0 Å². The number of hydrogen-bond acceptors (Lipinski definition) is 3. The lowest BCUT2D eigenvalue weighted by molar-refractivity contribution is -0.192. The first-order chi connectivity index (χ1) is 3.62. The summed E-state index contributed by atoms with van der Waals surface area (Å²) in [6.45, 7) is 3.67. The third kappa shape index (κ3) is 2.58. The maximum Gasteiger partial charge on any atom is 0.295 e. The van der Waals surface area contributed by atoms with Gasteiger partial charge in [0.2, 0.25) is 5.79 Å². The minimum Gasteiger partial charge on any atom is -0.436 e. The van der Waals surface area contributed by atoms with Gasteiger partial charge in [-0.05, 0) is 0 Å². The Balaban J connectivity index is 3.53. The van der Waals surface area contributed by atoms with Crippen LogP contribution in [0.3, 0.4) is 0 Å². The van der Waals surface area contributed by atoms with E-state index in [0.29, 0.717) is 6.47 Å². The molecule has 0 aliphatic carbocycles. The summed E-state index contributed by atoms with van der Waals surface area (Å²) in [5.74, 6) is -0.776. The van der Waals surface area contributed by atoms with Crippen LogP contribution in [0.25, 0.3) is 0 Å². The molecule has 0 aromatic rings. The molecule has 0 heterocycles. The van der Waals surface area contributed by atoms with Gasteiger partial charge in [0.15, 0.2) is 0 Å². The maximum absolute atomic E-state index is 9.68. The van der Waals surface area contributed by atoms with Gasteiger partial charge in [-0.1, -0.05) is 0 Å². The Bertz CT molecular complexity index is 77.7. The van der Waals surface area contributed by atoms with Gasteiger partial charge in [-0.2, -0.15) is 0 Å². The van der Waals surface area contributed by atoms with Gasteiger partial charge in [-0.3, -0.25) is 4.79 Å². The first-order valence-electron chi connectivity index (χ1n) is 2.29. The fraction of sp³-hybridized carbons (Fsp3) is 0.800. The van der Waals surface area contributed by atoms with Crippen LogP contribution in [0, 0.1) is 0 Å². The highest BCUT2D eigenvalue weighted by Crippen LogP contribution is 2.05. The van der Waals surface area contributed by atoms with E-state index in [-0.39, 0.29) is 0 Å². The zero-order chi connectivity index (χ0) is 6.62. The largest absolute Gasteiger partial charge is 0.436 e. The van der Waals surface area contributed by atoms with Gasteiger partial charge >= 0.3 is 0 Å². The molecule has 48 valence electrons. The molecular formula is C5H10O3. The van der Waals surface area contributed by atoms with Crippen LogP contribution in [0.15, 0.2) is 0 Å². The number of ether oxygens (including phenoxy) is 2. The summed E-state index contributed by atoms with van der Waals surface area (Å²) < 4.78 is 9.20. The van der Waals surface area contributed by atoms with Gasteiger partial charge in [-0.15, -0.1) is 0 Å². The van der Waals surface area contributed by atoms with Gasteiger partial charge < -0.3 is 9.47 Å². The van der Waals surface area contributed by atoms with Crippen molar-refractivity contribution in [3.63, 3.8) is 0 Å². The van der Waals surface area contributed by atoms with Crippen molar-refractivity contribution in [3.8, 4) is 0 Å². The van der Waals surface area contributed by atoms with Crippen molar-refractivity contribution < 1.29 is 14.3 Å². The number of carbonyl (C=O) groups excluding carboxylic acids is 1. The van der Waals surface area contributed by atoms with E-state index >= 15 is 0 Å². The smallest absolute Gasteiger partial charge is 0.295 e. The molecule has 0 bridgehead atoms. The summed E-state index contributed by atoms with van der Waals surface area (Å²) in [7, 11) is 1.48. The Labute approximate surface area is 48.6 Å². The first-order valence-corrected chi connectivity index (χ1v) is 2.29. The van der Waals surface area contributed by atoms with E-state index in [4.69, 9.17) is 4.74 Å². The van der Waals surface area contributed by atoms with E-state index in [0.717, 1.165) is 0 Å². The second kappa shape index (κ2) is 2.67. The molecule has 0 N–H and O–H groups in total. The van der Waals surface area contributed by atoms with E-state index in [2.05, 4.69) is 4.74 Å². The summed E-state index contributed by atoms with van der Waals surface area (Å²) in [5.41, 5.74) is 0. The van der Waals surface area contributed by atoms with Crippen LogP contribution in [-0.2, 0) is 14.3 Å². The van der Waals surface area contributed by atoms with Gasteiger partial charge in [0.05, 0.1) is 0 Å². The predicted molar refractivity (Wildman–Crippen MR) is 28.2 cm³/mol. The van der Waals surface area contributed by atoms with Crippen LogP contribution >= 0.6 is 0 Å². The lowest BCUT2D eigenvalue weighted by Crippen LogP contribution is -2.25. The second-order valence-corrected chi connectivity index (χ2v) is 1.82. The van der Waals surface area contributed by atoms with E-state index in [1.165, 1.54) is 7.11 Å². The molecule has 0 fully saturated rings. The highest BCUT2D eigenvalue weighted by molar-refractivity contribution is 5.37. The fourth-order valence-corrected chi connectivity index (χ4v) is 0.164. The molecule has 8 heavy (non-hydrogen) atoms. The molecule has 0 aromatic heterocycles. The fourth-order valence-electron chi connectivity index (χ4n) is 0.164. The maximum atomic E-state index is 9.68. The Morgan fingerprint density at radius 3 is 2.12 bits per heavy atom. The van der Waals surface area contributed by atoms with Crippen molar-refractivity contribution in [2.75, 3.05) is 7.11 Å². The molecule has 0 rings (SSSR count). The number of carbonyl (C=O) groups is 1. The molecule has 0 aliphatic heterocycles. The predicted octanol–water partition coefficient (Wildman–Crippen LogP) is 0.542. The molecule has 0 saturated carbocycles. The summed E-state index contributed by atoms with van der Waals surface area (Å²) >= 11 is 0. The van der Waals surface area contributed by atoms with Crippen molar-refractivity contribution in [2.45, 2.75) is 19.6 Å². The van der Waals surface area contributed by atoms with Gasteiger partial charge in [0, 0.05) is 21.0 Å². The third-order valence-electron chi connectivity index (χ3n) is 0.824. The number of methoxy groups -OCH3 is 1. The van der Waals surface area contributed by atoms with Crippen molar-refractivity contribution in [2.24, 2.45) is 0 Å². The molecule has 0 unspecified atom stereocenters. The quantitative estimate of drug-likeness (QED) is 0.401. The summed E-state index contributed by atoms with van der Waals surface area (Å²) in [6.07, 6.45) is 0. The zero-order valence-corrected chi connectivity index (χ0v) is 5.30. The van der Waals surface area contributed by atoms with E-state index < -0.39 is 5.79 Å². The summed E-state index contributed by atoms with van der Waals surface area (Å²) in [6, 6.07) is 0. The Hall–Kier alpha value is -0.570. The first kappa shape index (κ1) is 7.43. The topological polar surface area (TPSA) is 35.5 Å². The zero-order valence-electron chi connectivity index (χ0n) is 5.30. The Kier molecular flexibility index (Phi) is 2.48. The summed E-state index contributed by atoms with van der Waals surface area (Å²) in [5, 5.41) is 0. The number of rotatable bonds is 3. The third-order valence-corrected chi connectivity index (χ3v) is 0.824. The van der Waals surface area contributed by atoms with E-state index in [1.54, 1.807) is 13.8 Å². The minimum atomic E-state index is -0.776. The van der Waals surface area contributed by atoms with Gasteiger partial charge in [-0.25, -0.2) is 0 Å². The van der Waals surface area contributed by atoms with Gasteiger partial charge in [0.1, 0.15) is 0 Å². The lowest BCUT2D eigenvalue weighted by atomic mass is 10.4. The molecule has 0 atom stereocenters. The van der Waals surface area contributed by atoms with E-state index in [1.807, 2.05) is 0 Å². The average Bonchev–Trinajstić information content (AvgIpc) is 1.67. The molecule has 0 aliphatic rings. The highest BCUT2D eigenvalue weighted by atomic mass is 16.7. The van der Waals surface area contributed by atoms with Crippen LogP contribution < -0.4 is 0 Å². The molecule has 0 amide bonds. The van der Waals surface area contributed by atoms with Crippen LogP contribution in [-0.4, -0.2) is 19.4 Å². The van der Waals surface area contributed by atoms with Crippen molar-refractivity contribution in [3.05, 3.63) is 0 Å². The second-order valence-electron chi connectivity index (χ2n) is 1.82. The van der Waals surface area contributed by atoms with Crippen LogP contribution in [0.4, 0.5) is 0 Å². The molecule has 0 spiro atoms. The lowest BCUT2D eigenvalue weighted by Gasteiger charge is -2.19. The van der Waals surface area contributed by atoms with E-state index in [9.17, 15) is 4.79 Å². The minimum absolute atomic E-state index is 0.365. The van der Waals surface area contributed by atoms with Crippen molar-refractivity contribution in [1.29, 1.82) is 0 Å². The van der Waals surface area contributed by atoms with Crippen LogP contribution in [0.5, 0.6) is 0 Å². The number of hydrogen-bond donors (Lipinski definition) is 0. The summed E-state index contributed by atoms with van der Waals surface area (Å²) in [4.78, 5) is 9.68. The molecule has 3 heteroatoms. The van der Waals surface area contributed by atoms with Crippen LogP contribution in [0.1, 0.15) is 13.8 Å². The molecule has 0 aromatic carbocycles. The van der Waals surface area contributed by atoms with Crippen molar-refractivity contribution in [1.82, 2.24) is 0 Å². The Morgan fingerprint density at radius 1 is 1.50 bits per heavy atom. The monoisotopic (exact) mass is 118 g/mol.